The number of allylic oxidation sites excluding steroid dienone is 1. The van der Waals surface area contributed by atoms with E-state index in [0.717, 1.165) is 37.9 Å². The lowest BCUT2D eigenvalue weighted by atomic mass is 9.98. The molecule has 1 unspecified atom stereocenters. The van der Waals surface area contributed by atoms with Gasteiger partial charge < -0.3 is 15.1 Å². The van der Waals surface area contributed by atoms with E-state index in [0.29, 0.717) is 0 Å². The Kier molecular flexibility index (Phi) is 10.8. The normalized spacial score (nSPS) is 19.6. The summed E-state index contributed by atoms with van der Waals surface area (Å²) in [5.74, 6) is 1.79. The number of nitrogens with zero attached hydrogens (tertiary/aromatic N) is 3. The molecule has 1 saturated heterocycles. The minimum atomic E-state index is 0.721. The molecular formula is C19H38N4. The number of hydrogen-bond donors (Lipinski definition) is 1. The molecule has 4 nitrogen and oxygen atoms in total. The van der Waals surface area contributed by atoms with Crippen molar-refractivity contribution in [2.75, 3.05) is 46.3 Å². The summed E-state index contributed by atoms with van der Waals surface area (Å²) < 4.78 is 0. The topological polar surface area (TPSA) is 30.9 Å². The maximum Gasteiger partial charge on any atom is 0.193 e. The third kappa shape index (κ3) is 8.40. The molecule has 4 heteroatoms. The lowest BCUT2D eigenvalue weighted by molar-refractivity contribution is 0.186. The third-order valence-electron chi connectivity index (χ3n) is 4.65. The van der Waals surface area contributed by atoms with Crippen molar-refractivity contribution in [2.24, 2.45) is 10.9 Å². The van der Waals surface area contributed by atoms with Gasteiger partial charge in [0, 0.05) is 33.2 Å². The van der Waals surface area contributed by atoms with Crippen molar-refractivity contribution < 1.29 is 0 Å². The fourth-order valence-electron chi connectivity index (χ4n) is 3.19. The highest BCUT2D eigenvalue weighted by atomic mass is 15.3. The predicted octanol–water partition coefficient (Wildman–Crippen LogP) is 3.36. The molecule has 1 aliphatic heterocycles. The summed E-state index contributed by atoms with van der Waals surface area (Å²) in [6.07, 6.45) is 9.53. The molecule has 0 radical (unpaired) electrons. The van der Waals surface area contributed by atoms with Crippen molar-refractivity contribution in [2.45, 2.75) is 52.4 Å². The van der Waals surface area contributed by atoms with Gasteiger partial charge in [-0.25, -0.2) is 0 Å². The van der Waals surface area contributed by atoms with Crippen LogP contribution in [0.1, 0.15) is 52.4 Å². The monoisotopic (exact) mass is 322 g/mol. The molecule has 134 valence electrons. The molecule has 0 aromatic rings. The van der Waals surface area contributed by atoms with Gasteiger partial charge >= 0.3 is 0 Å². The number of rotatable bonds is 10. The van der Waals surface area contributed by atoms with Gasteiger partial charge in [0.2, 0.25) is 0 Å². The summed E-state index contributed by atoms with van der Waals surface area (Å²) >= 11 is 0. The molecule has 1 rings (SSSR count). The molecule has 1 N–H and O–H groups in total. The van der Waals surface area contributed by atoms with Crippen molar-refractivity contribution in [3.8, 4) is 0 Å². The average Bonchev–Trinajstić information content (AvgIpc) is 2.58. The van der Waals surface area contributed by atoms with E-state index in [1.54, 1.807) is 0 Å². The standard InChI is InChI=1S/C19H38N4/c1-5-8-9-10-11-14-22(4)19(20-6-2)21-16-18-13-12-15-23(7-3)17-18/h5,18H,1,6-17H2,2-4H3,(H,20,21). The molecule has 1 atom stereocenters. The Bertz CT molecular complexity index is 340. The van der Waals surface area contributed by atoms with Crippen LogP contribution in [0.2, 0.25) is 0 Å². The number of guanidine groups is 1. The Balaban J connectivity index is 2.40. The lowest BCUT2D eigenvalue weighted by Gasteiger charge is -2.31. The first-order chi connectivity index (χ1) is 11.2. The van der Waals surface area contributed by atoms with Gasteiger partial charge in [-0.15, -0.1) is 6.58 Å². The van der Waals surface area contributed by atoms with E-state index in [9.17, 15) is 0 Å². The number of unbranched alkanes of at least 4 members (excludes halogenated alkanes) is 3. The Hall–Kier alpha value is -1.03. The molecular weight excluding hydrogens is 284 g/mol. The summed E-state index contributed by atoms with van der Waals surface area (Å²) in [6.45, 7) is 14.8. The fourth-order valence-corrected chi connectivity index (χ4v) is 3.19. The largest absolute Gasteiger partial charge is 0.357 e. The summed E-state index contributed by atoms with van der Waals surface area (Å²) in [5, 5.41) is 3.45. The van der Waals surface area contributed by atoms with Gasteiger partial charge in [-0.05, 0) is 58.0 Å². The van der Waals surface area contributed by atoms with Crippen LogP contribution in [0.25, 0.3) is 0 Å². The molecule has 1 aliphatic rings. The average molecular weight is 323 g/mol. The van der Waals surface area contributed by atoms with E-state index >= 15 is 0 Å². The number of nitrogens with one attached hydrogen (secondary N) is 1. The zero-order valence-corrected chi connectivity index (χ0v) is 15.7. The second-order valence-corrected chi connectivity index (χ2v) is 6.66. The van der Waals surface area contributed by atoms with E-state index in [1.165, 1.54) is 51.7 Å². The summed E-state index contributed by atoms with van der Waals surface area (Å²) in [4.78, 5) is 9.75. The van der Waals surface area contributed by atoms with Crippen molar-refractivity contribution >= 4 is 5.96 Å². The molecule has 1 heterocycles. The Morgan fingerprint density at radius 1 is 1.35 bits per heavy atom. The number of piperidine rings is 1. The number of aliphatic imine (C=N–C) groups is 1. The first-order valence-electron chi connectivity index (χ1n) is 9.53. The summed E-state index contributed by atoms with van der Waals surface area (Å²) in [6, 6.07) is 0. The van der Waals surface area contributed by atoms with Crippen LogP contribution in [0.3, 0.4) is 0 Å². The lowest BCUT2D eigenvalue weighted by Crippen LogP contribution is -2.41. The van der Waals surface area contributed by atoms with Crippen LogP contribution < -0.4 is 5.32 Å². The molecule has 0 aromatic carbocycles. The highest BCUT2D eigenvalue weighted by Gasteiger charge is 2.18. The van der Waals surface area contributed by atoms with Crippen molar-refractivity contribution in [1.82, 2.24) is 15.1 Å². The maximum atomic E-state index is 4.91. The second kappa shape index (κ2) is 12.4. The van der Waals surface area contributed by atoms with E-state index in [4.69, 9.17) is 4.99 Å². The molecule has 0 bridgehead atoms. The third-order valence-corrected chi connectivity index (χ3v) is 4.65. The molecule has 0 aromatic heterocycles. The van der Waals surface area contributed by atoms with E-state index in [1.807, 2.05) is 6.08 Å². The van der Waals surface area contributed by atoms with Gasteiger partial charge in [0.15, 0.2) is 5.96 Å². The smallest absolute Gasteiger partial charge is 0.193 e. The first-order valence-corrected chi connectivity index (χ1v) is 9.53. The van der Waals surface area contributed by atoms with Crippen molar-refractivity contribution in [3.05, 3.63) is 12.7 Å². The van der Waals surface area contributed by atoms with Crippen LogP contribution in [0.5, 0.6) is 0 Å². The van der Waals surface area contributed by atoms with Gasteiger partial charge in [-0.1, -0.05) is 19.4 Å². The van der Waals surface area contributed by atoms with Gasteiger partial charge in [-0.2, -0.15) is 0 Å². The van der Waals surface area contributed by atoms with Crippen LogP contribution in [0, 0.1) is 5.92 Å². The Labute approximate surface area is 144 Å². The maximum absolute atomic E-state index is 4.91. The van der Waals surface area contributed by atoms with Crippen LogP contribution in [-0.2, 0) is 0 Å². The van der Waals surface area contributed by atoms with Crippen LogP contribution in [0.15, 0.2) is 17.6 Å². The number of likely N-dealkylation sites (tertiary alicyclic amines) is 1. The van der Waals surface area contributed by atoms with E-state index in [-0.39, 0.29) is 0 Å². The van der Waals surface area contributed by atoms with Crippen molar-refractivity contribution in [3.63, 3.8) is 0 Å². The van der Waals surface area contributed by atoms with Gasteiger partial charge in [-0.3, -0.25) is 4.99 Å². The molecule has 1 fully saturated rings. The fraction of sp³-hybridized carbons (Fsp3) is 0.842. The minimum Gasteiger partial charge on any atom is -0.357 e. The quantitative estimate of drug-likeness (QED) is 0.289. The van der Waals surface area contributed by atoms with Gasteiger partial charge in [0.1, 0.15) is 0 Å². The summed E-state index contributed by atoms with van der Waals surface area (Å²) in [5.41, 5.74) is 0. The zero-order valence-electron chi connectivity index (χ0n) is 15.7. The summed E-state index contributed by atoms with van der Waals surface area (Å²) in [7, 11) is 2.16. The minimum absolute atomic E-state index is 0.721. The number of hydrogen-bond acceptors (Lipinski definition) is 2. The highest BCUT2D eigenvalue weighted by molar-refractivity contribution is 5.79. The first kappa shape index (κ1) is 20.0. The van der Waals surface area contributed by atoms with E-state index in [2.05, 4.69) is 42.6 Å². The molecule has 23 heavy (non-hydrogen) atoms. The van der Waals surface area contributed by atoms with E-state index < -0.39 is 0 Å². The van der Waals surface area contributed by atoms with Gasteiger partial charge in [0.25, 0.3) is 0 Å². The van der Waals surface area contributed by atoms with Gasteiger partial charge in [0.05, 0.1) is 0 Å². The zero-order chi connectivity index (χ0) is 16.9. The Morgan fingerprint density at radius 2 is 2.17 bits per heavy atom. The molecule has 0 saturated carbocycles. The molecule has 0 amide bonds. The predicted molar refractivity (Wildman–Crippen MR) is 102 cm³/mol. The highest BCUT2D eigenvalue weighted by Crippen LogP contribution is 2.16. The SMILES string of the molecule is C=CCCCCCN(C)C(=NCC1CCCN(CC)C1)NCC. The molecule has 0 aliphatic carbocycles. The van der Waals surface area contributed by atoms with Crippen LogP contribution in [-0.4, -0.2) is 62.1 Å². The second-order valence-electron chi connectivity index (χ2n) is 6.66. The molecule has 0 spiro atoms. The van der Waals surface area contributed by atoms with Crippen LogP contribution >= 0.6 is 0 Å². The Morgan fingerprint density at radius 3 is 2.87 bits per heavy atom. The van der Waals surface area contributed by atoms with Crippen LogP contribution in [0.4, 0.5) is 0 Å². The van der Waals surface area contributed by atoms with Crippen molar-refractivity contribution in [1.29, 1.82) is 0 Å².